The van der Waals surface area contributed by atoms with Gasteiger partial charge in [-0.25, -0.2) is 9.78 Å². The first-order valence-electron chi connectivity index (χ1n) is 5.07. The van der Waals surface area contributed by atoms with E-state index in [-0.39, 0.29) is 5.01 Å². The number of carboxylic acid groups (broad SMARTS) is 1. The van der Waals surface area contributed by atoms with E-state index >= 15 is 0 Å². The topological polar surface area (TPSA) is 62.2 Å². The highest BCUT2D eigenvalue weighted by Gasteiger charge is 2.10. The maximum Gasteiger partial charge on any atom is 0.365 e. The standard InChI is InChI=1S/C10H16N2O2S2/c1-3-7(5-15-2)11-4-8-6-16-9(12-8)10(13)14/h6-7,11H,3-5H2,1-2H3,(H,13,14). The Hall–Kier alpha value is -0.590. The summed E-state index contributed by atoms with van der Waals surface area (Å²) in [6, 6.07) is 0.463. The van der Waals surface area contributed by atoms with Crippen LogP contribution in [0.4, 0.5) is 0 Å². The zero-order chi connectivity index (χ0) is 12.0. The first-order valence-corrected chi connectivity index (χ1v) is 7.34. The maximum absolute atomic E-state index is 10.6. The number of hydrogen-bond donors (Lipinski definition) is 2. The number of aromatic carboxylic acids is 1. The van der Waals surface area contributed by atoms with Gasteiger partial charge in [0.05, 0.1) is 5.69 Å². The molecule has 0 saturated heterocycles. The largest absolute Gasteiger partial charge is 0.476 e. The molecule has 1 aromatic rings. The van der Waals surface area contributed by atoms with Gasteiger partial charge in [0.2, 0.25) is 5.01 Å². The number of hydrogen-bond acceptors (Lipinski definition) is 5. The minimum Gasteiger partial charge on any atom is -0.476 e. The Labute approximate surface area is 103 Å². The van der Waals surface area contributed by atoms with Crippen LogP contribution in [-0.2, 0) is 6.54 Å². The average Bonchev–Trinajstić information content (AvgIpc) is 2.73. The van der Waals surface area contributed by atoms with E-state index in [2.05, 4.69) is 23.5 Å². The van der Waals surface area contributed by atoms with Crippen LogP contribution in [-0.4, -0.2) is 34.1 Å². The smallest absolute Gasteiger partial charge is 0.365 e. The molecule has 16 heavy (non-hydrogen) atoms. The number of carboxylic acids is 1. The lowest BCUT2D eigenvalue weighted by Crippen LogP contribution is -2.30. The number of thioether (sulfide) groups is 1. The van der Waals surface area contributed by atoms with Gasteiger partial charge in [0.15, 0.2) is 0 Å². The monoisotopic (exact) mass is 260 g/mol. The molecule has 1 atom stereocenters. The van der Waals surface area contributed by atoms with Gasteiger partial charge < -0.3 is 10.4 Å². The zero-order valence-electron chi connectivity index (χ0n) is 9.40. The maximum atomic E-state index is 10.6. The highest BCUT2D eigenvalue weighted by molar-refractivity contribution is 7.98. The molecule has 0 radical (unpaired) electrons. The third-order valence-electron chi connectivity index (χ3n) is 2.17. The summed E-state index contributed by atoms with van der Waals surface area (Å²) in [6.45, 7) is 2.78. The van der Waals surface area contributed by atoms with Crippen LogP contribution in [0.25, 0.3) is 0 Å². The minimum absolute atomic E-state index is 0.162. The third-order valence-corrected chi connectivity index (χ3v) is 3.78. The van der Waals surface area contributed by atoms with Crippen molar-refractivity contribution in [2.45, 2.75) is 25.9 Å². The molecular weight excluding hydrogens is 244 g/mol. The molecule has 0 fully saturated rings. The number of rotatable bonds is 7. The summed E-state index contributed by atoms with van der Waals surface area (Å²) < 4.78 is 0. The van der Waals surface area contributed by atoms with E-state index in [0.29, 0.717) is 12.6 Å². The molecule has 2 N–H and O–H groups in total. The number of nitrogens with one attached hydrogen (secondary N) is 1. The second-order valence-electron chi connectivity index (χ2n) is 3.39. The summed E-state index contributed by atoms with van der Waals surface area (Å²) in [5.74, 6) is 0.110. The lowest BCUT2D eigenvalue weighted by molar-refractivity contribution is 0.0696. The Bertz CT molecular complexity index is 341. The summed E-state index contributed by atoms with van der Waals surface area (Å²) in [5.41, 5.74) is 0.807. The van der Waals surface area contributed by atoms with Crippen molar-refractivity contribution in [3.05, 3.63) is 16.1 Å². The second kappa shape index (κ2) is 6.88. The molecule has 0 amide bonds. The summed E-state index contributed by atoms with van der Waals surface area (Å²) in [6.07, 6.45) is 3.15. The van der Waals surface area contributed by atoms with Crippen LogP contribution in [0.2, 0.25) is 0 Å². The van der Waals surface area contributed by atoms with Crippen molar-refractivity contribution in [1.82, 2.24) is 10.3 Å². The molecule has 0 aliphatic heterocycles. The summed E-state index contributed by atoms with van der Waals surface area (Å²) in [5, 5.41) is 14.1. The Kier molecular flexibility index (Phi) is 5.79. The summed E-state index contributed by atoms with van der Waals surface area (Å²) >= 11 is 2.98. The molecule has 0 aromatic carbocycles. The van der Waals surface area contributed by atoms with Crippen molar-refractivity contribution >= 4 is 29.1 Å². The van der Waals surface area contributed by atoms with E-state index in [1.807, 2.05) is 0 Å². The van der Waals surface area contributed by atoms with Crippen molar-refractivity contribution in [3.8, 4) is 0 Å². The Morgan fingerprint density at radius 3 is 3.00 bits per heavy atom. The van der Waals surface area contributed by atoms with Gasteiger partial charge in [-0.1, -0.05) is 6.92 Å². The van der Waals surface area contributed by atoms with Gasteiger partial charge in [-0.05, 0) is 12.7 Å². The summed E-state index contributed by atoms with van der Waals surface area (Å²) in [4.78, 5) is 14.7. The van der Waals surface area contributed by atoms with Crippen LogP contribution in [0.1, 0.15) is 28.8 Å². The normalized spacial score (nSPS) is 12.6. The minimum atomic E-state index is -0.951. The van der Waals surface area contributed by atoms with Crippen LogP contribution < -0.4 is 5.32 Å². The molecule has 0 bridgehead atoms. The first kappa shape index (κ1) is 13.5. The van der Waals surface area contributed by atoms with Gasteiger partial charge >= 0.3 is 5.97 Å². The molecule has 1 unspecified atom stereocenters. The van der Waals surface area contributed by atoms with Gasteiger partial charge in [0, 0.05) is 23.7 Å². The van der Waals surface area contributed by atoms with Crippen molar-refractivity contribution in [1.29, 1.82) is 0 Å². The van der Waals surface area contributed by atoms with Crippen molar-refractivity contribution < 1.29 is 9.90 Å². The molecule has 1 heterocycles. The number of thiazole rings is 1. The van der Waals surface area contributed by atoms with Gasteiger partial charge in [-0.15, -0.1) is 11.3 Å². The fourth-order valence-corrected chi connectivity index (χ4v) is 2.67. The fourth-order valence-electron chi connectivity index (χ4n) is 1.26. The number of aromatic nitrogens is 1. The Balaban J connectivity index is 2.44. The van der Waals surface area contributed by atoms with Gasteiger partial charge in [0.1, 0.15) is 0 Å². The van der Waals surface area contributed by atoms with Crippen LogP contribution in [0.3, 0.4) is 0 Å². The molecule has 1 rings (SSSR count). The van der Waals surface area contributed by atoms with E-state index in [1.54, 1.807) is 17.1 Å². The van der Waals surface area contributed by atoms with Crippen LogP contribution in [0.5, 0.6) is 0 Å². The zero-order valence-corrected chi connectivity index (χ0v) is 11.0. The molecule has 6 heteroatoms. The molecule has 0 saturated carbocycles. The average molecular weight is 260 g/mol. The predicted molar refractivity (Wildman–Crippen MR) is 68.4 cm³/mol. The Morgan fingerprint density at radius 2 is 2.50 bits per heavy atom. The van der Waals surface area contributed by atoms with Crippen molar-refractivity contribution in [3.63, 3.8) is 0 Å². The van der Waals surface area contributed by atoms with E-state index in [1.165, 1.54) is 11.3 Å². The molecule has 90 valence electrons. The lowest BCUT2D eigenvalue weighted by Gasteiger charge is -2.14. The summed E-state index contributed by atoms with van der Waals surface area (Å²) in [7, 11) is 0. The van der Waals surface area contributed by atoms with E-state index < -0.39 is 5.97 Å². The first-order chi connectivity index (χ1) is 7.67. The van der Waals surface area contributed by atoms with Crippen molar-refractivity contribution in [2.24, 2.45) is 0 Å². The molecule has 0 aliphatic carbocycles. The lowest BCUT2D eigenvalue weighted by atomic mass is 10.2. The number of nitrogens with zero attached hydrogens (tertiary/aromatic N) is 1. The van der Waals surface area contributed by atoms with E-state index in [0.717, 1.165) is 17.9 Å². The predicted octanol–water partition coefficient (Wildman–Crippen LogP) is 2.07. The van der Waals surface area contributed by atoms with E-state index in [4.69, 9.17) is 5.11 Å². The van der Waals surface area contributed by atoms with Gasteiger partial charge in [-0.3, -0.25) is 0 Å². The van der Waals surface area contributed by atoms with E-state index in [9.17, 15) is 4.79 Å². The van der Waals surface area contributed by atoms with Crippen LogP contribution in [0, 0.1) is 0 Å². The van der Waals surface area contributed by atoms with Gasteiger partial charge in [0.25, 0.3) is 0 Å². The van der Waals surface area contributed by atoms with Crippen LogP contribution in [0.15, 0.2) is 5.38 Å². The molecule has 4 nitrogen and oxygen atoms in total. The fraction of sp³-hybridized carbons (Fsp3) is 0.600. The second-order valence-corrected chi connectivity index (χ2v) is 5.16. The van der Waals surface area contributed by atoms with Crippen molar-refractivity contribution in [2.75, 3.05) is 12.0 Å². The highest BCUT2D eigenvalue weighted by atomic mass is 32.2. The quantitative estimate of drug-likeness (QED) is 0.786. The number of carbonyl (C=O) groups is 1. The highest BCUT2D eigenvalue weighted by Crippen LogP contribution is 2.10. The Morgan fingerprint density at radius 1 is 1.75 bits per heavy atom. The molecular formula is C10H16N2O2S2. The SMILES string of the molecule is CCC(CSC)NCc1csc(C(=O)O)n1. The van der Waals surface area contributed by atoms with Crippen LogP contribution >= 0.6 is 23.1 Å². The molecule has 0 spiro atoms. The molecule has 0 aliphatic rings. The third kappa shape index (κ3) is 4.11. The van der Waals surface area contributed by atoms with Gasteiger partial charge in [-0.2, -0.15) is 11.8 Å². The molecule has 1 aromatic heterocycles.